The first-order chi connectivity index (χ1) is 13.1. The lowest BCUT2D eigenvalue weighted by atomic mass is 10.0. The minimum absolute atomic E-state index is 0.392. The lowest BCUT2D eigenvalue weighted by Crippen LogP contribution is -2.37. The second-order valence-electron chi connectivity index (χ2n) is 8.04. The number of rotatable bonds is 10. The summed E-state index contributed by atoms with van der Waals surface area (Å²) in [5.74, 6) is 1.31. The molecule has 0 unspecified atom stereocenters. The van der Waals surface area contributed by atoms with E-state index in [1.165, 1.54) is 5.56 Å². The second kappa shape index (κ2) is 9.43. The van der Waals surface area contributed by atoms with Crippen molar-refractivity contribution in [2.75, 3.05) is 12.0 Å². The van der Waals surface area contributed by atoms with Gasteiger partial charge in [0.25, 0.3) is 0 Å². The molecule has 0 radical (unpaired) electrons. The van der Waals surface area contributed by atoms with Gasteiger partial charge in [-0.3, -0.25) is 0 Å². The first-order valence-corrected chi connectivity index (χ1v) is 11.2. The Balaban J connectivity index is 1.76. The first kappa shape index (κ1) is 22.2. The fourth-order valence-electron chi connectivity index (χ4n) is 2.80. The molecular weight excluding hydrogens is 372 g/mol. The van der Waals surface area contributed by atoms with Crippen LogP contribution in [0.4, 0.5) is 5.69 Å². The summed E-state index contributed by atoms with van der Waals surface area (Å²) in [6, 6.07) is 16.3. The topological polar surface area (TPSA) is 81.4 Å². The number of nitrogens with one attached hydrogen (secondary N) is 1. The molecule has 0 aromatic heterocycles. The molecule has 0 heterocycles. The number of hydrogen-bond acceptors (Lipinski definition) is 4. The lowest BCUT2D eigenvalue weighted by Gasteiger charge is -2.21. The molecule has 0 amide bonds. The van der Waals surface area contributed by atoms with Crippen molar-refractivity contribution in [3.63, 3.8) is 0 Å². The average molecular weight is 405 g/mol. The normalized spacial score (nSPS) is 12.2. The second-order valence-corrected chi connectivity index (χ2v) is 10.2. The van der Waals surface area contributed by atoms with Gasteiger partial charge in [0.2, 0.25) is 10.0 Å². The lowest BCUT2D eigenvalue weighted by molar-refractivity contribution is 0.347. The highest BCUT2D eigenvalue weighted by Crippen LogP contribution is 2.22. The zero-order valence-electron chi connectivity index (χ0n) is 17.2. The Hall–Kier alpha value is -2.05. The molecule has 0 atom stereocenters. The maximum absolute atomic E-state index is 11.5. The number of benzene rings is 2. The van der Waals surface area contributed by atoms with E-state index in [0.717, 1.165) is 29.8 Å². The molecule has 0 fully saturated rings. The first-order valence-electron chi connectivity index (χ1n) is 9.66. The van der Waals surface area contributed by atoms with Crippen molar-refractivity contribution in [1.29, 1.82) is 0 Å². The van der Waals surface area contributed by atoms with E-state index in [4.69, 9.17) is 9.88 Å². The number of anilines is 1. The molecule has 2 aromatic rings. The molecule has 2 rings (SSSR count). The Morgan fingerprint density at radius 2 is 1.64 bits per heavy atom. The van der Waals surface area contributed by atoms with Crippen LogP contribution in [0.1, 0.15) is 57.6 Å². The van der Waals surface area contributed by atoms with E-state index in [9.17, 15) is 8.42 Å². The van der Waals surface area contributed by atoms with Gasteiger partial charge < -0.3 is 10.1 Å². The van der Waals surface area contributed by atoms with Gasteiger partial charge in [-0.25, -0.2) is 13.6 Å². The van der Waals surface area contributed by atoms with Crippen molar-refractivity contribution in [3.8, 4) is 5.75 Å². The van der Waals surface area contributed by atoms with E-state index in [2.05, 4.69) is 43.4 Å². The van der Waals surface area contributed by atoms with Gasteiger partial charge in [-0.15, -0.1) is 0 Å². The third kappa shape index (κ3) is 6.53. The molecule has 3 N–H and O–H groups in total. The fourth-order valence-corrected chi connectivity index (χ4v) is 3.23. The molecule has 0 saturated carbocycles. The van der Waals surface area contributed by atoms with Gasteiger partial charge in [0.15, 0.2) is 6.73 Å². The minimum Gasteiger partial charge on any atom is -0.473 e. The smallest absolute Gasteiger partial charge is 0.214 e. The predicted octanol–water partition coefficient (Wildman–Crippen LogP) is 4.65. The summed E-state index contributed by atoms with van der Waals surface area (Å²) in [5, 5.41) is 8.52. The molecule has 0 aliphatic rings. The highest BCUT2D eigenvalue weighted by molar-refractivity contribution is 7.90. The summed E-state index contributed by atoms with van der Waals surface area (Å²) in [6.07, 6.45) is 2.10. The monoisotopic (exact) mass is 404 g/mol. The summed E-state index contributed by atoms with van der Waals surface area (Å²) in [7, 11) is -3.53. The van der Waals surface area contributed by atoms with Gasteiger partial charge in [0.1, 0.15) is 5.75 Å². The molecule has 0 saturated heterocycles. The molecule has 0 bridgehead atoms. The van der Waals surface area contributed by atoms with Gasteiger partial charge in [0.05, 0.1) is 4.75 Å². The van der Waals surface area contributed by atoms with Crippen molar-refractivity contribution >= 4 is 15.7 Å². The maximum atomic E-state index is 11.5. The largest absolute Gasteiger partial charge is 0.473 e. The van der Waals surface area contributed by atoms with Crippen LogP contribution in [0, 0.1) is 0 Å². The number of sulfonamides is 1. The van der Waals surface area contributed by atoms with Crippen molar-refractivity contribution in [3.05, 3.63) is 59.7 Å². The van der Waals surface area contributed by atoms with Crippen molar-refractivity contribution in [2.45, 2.75) is 57.6 Å². The minimum atomic E-state index is -3.53. The Morgan fingerprint density at radius 3 is 2.18 bits per heavy atom. The standard InChI is InChI=1S/C22H32N2O3S/c1-17(2)19-9-11-20(12-10-19)24-16-27-21-13-7-18(8-14-21)6-5-15-22(3,4)28(23,25)26/h7-14,17,24H,5-6,15-16H2,1-4H3,(H2,23,25,26). The van der Waals surface area contributed by atoms with E-state index >= 15 is 0 Å². The van der Waals surface area contributed by atoms with Crippen molar-refractivity contribution in [2.24, 2.45) is 5.14 Å². The summed E-state index contributed by atoms with van der Waals surface area (Å²) in [5.41, 5.74) is 3.49. The molecular formula is C22H32N2O3S. The summed E-state index contributed by atoms with van der Waals surface area (Å²) < 4.78 is 27.9. The Bertz CT molecular complexity index is 842. The summed E-state index contributed by atoms with van der Waals surface area (Å²) in [4.78, 5) is 0. The van der Waals surface area contributed by atoms with Crippen LogP contribution >= 0.6 is 0 Å². The third-order valence-electron chi connectivity index (χ3n) is 5.03. The highest BCUT2D eigenvalue weighted by Gasteiger charge is 2.30. The van der Waals surface area contributed by atoms with Crippen LogP contribution in [0.25, 0.3) is 0 Å². The van der Waals surface area contributed by atoms with E-state index in [1.807, 2.05) is 24.3 Å². The molecule has 28 heavy (non-hydrogen) atoms. The maximum Gasteiger partial charge on any atom is 0.214 e. The fraction of sp³-hybridized carbons (Fsp3) is 0.455. The van der Waals surface area contributed by atoms with Gasteiger partial charge in [-0.2, -0.15) is 0 Å². The van der Waals surface area contributed by atoms with Crippen molar-refractivity contribution < 1.29 is 13.2 Å². The van der Waals surface area contributed by atoms with Gasteiger partial charge in [0, 0.05) is 5.69 Å². The number of nitrogens with two attached hydrogens (primary N) is 1. The molecule has 5 nitrogen and oxygen atoms in total. The van der Waals surface area contributed by atoms with Crippen LogP contribution in [-0.2, 0) is 16.4 Å². The van der Waals surface area contributed by atoms with E-state index in [-0.39, 0.29) is 0 Å². The summed E-state index contributed by atoms with van der Waals surface area (Å²) in [6.45, 7) is 8.08. The highest BCUT2D eigenvalue weighted by atomic mass is 32.2. The Morgan fingerprint density at radius 1 is 1.04 bits per heavy atom. The predicted molar refractivity (Wildman–Crippen MR) is 116 cm³/mol. The van der Waals surface area contributed by atoms with Crippen LogP contribution < -0.4 is 15.2 Å². The molecule has 0 aliphatic carbocycles. The van der Waals surface area contributed by atoms with Crippen LogP contribution in [0.2, 0.25) is 0 Å². The van der Waals surface area contributed by atoms with E-state index in [1.54, 1.807) is 13.8 Å². The quantitative estimate of drug-likeness (QED) is 0.565. The molecule has 2 aromatic carbocycles. The van der Waals surface area contributed by atoms with E-state index in [0.29, 0.717) is 19.1 Å². The molecule has 0 spiro atoms. The molecule has 0 aliphatic heterocycles. The van der Waals surface area contributed by atoms with Gasteiger partial charge in [-0.1, -0.05) is 38.1 Å². The zero-order valence-corrected chi connectivity index (χ0v) is 18.1. The Labute approximate surface area is 169 Å². The summed E-state index contributed by atoms with van der Waals surface area (Å²) >= 11 is 0. The number of aryl methyl sites for hydroxylation is 1. The molecule has 6 heteroatoms. The number of hydrogen-bond donors (Lipinski definition) is 2. The molecule has 154 valence electrons. The van der Waals surface area contributed by atoms with Crippen molar-refractivity contribution in [1.82, 2.24) is 0 Å². The third-order valence-corrected chi connectivity index (χ3v) is 6.77. The SMILES string of the molecule is CC(C)c1ccc(NCOc2ccc(CCCC(C)(C)S(N)(=O)=O)cc2)cc1. The van der Waals surface area contributed by atoms with Gasteiger partial charge in [-0.05, 0) is 74.4 Å². The average Bonchev–Trinajstić information content (AvgIpc) is 2.62. The zero-order chi connectivity index (χ0) is 20.8. The van der Waals surface area contributed by atoms with Crippen LogP contribution in [0.15, 0.2) is 48.5 Å². The van der Waals surface area contributed by atoms with E-state index < -0.39 is 14.8 Å². The van der Waals surface area contributed by atoms with Gasteiger partial charge >= 0.3 is 0 Å². The van der Waals surface area contributed by atoms with Crippen LogP contribution in [-0.4, -0.2) is 19.9 Å². The number of ether oxygens (including phenoxy) is 1. The van der Waals surface area contributed by atoms with Crippen LogP contribution in [0.3, 0.4) is 0 Å². The Kier molecular flexibility index (Phi) is 7.49. The van der Waals surface area contributed by atoms with Crippen LogP contribution in [0.5, 0.6) is 5.75 Å². The number of primary sulfonamides is 1.